The third kappa shape index (κ3) is 4.05. The summed E-state index contributed by atoms with van der Waals surface area (Å²) in [6, 6.07) is 11.2. The van der Waals surface area contributed by atoms with Gasteiger partial charge in [-0.3, -0.25) is 14.2 Å². The summed E-state index contributed by atoms with van der Waals surface area (Å²) < 4.78 is 7.61. The van der Waals surface area contributed by atoms with E-state index in [0.29, 0.717) is 27.9 Å². The normalized spacial score (nSPS) is 19.0. The summed E-state index contributed by atoms with van der Waals surface area (Å²) >= 11 is 0. The van der Waals surface area contributed by atoms with Crippen molar-refractivity contribution in [3.05, 3.63) is 64.2 Å². The van der Waals surface area contributed by atoms with Crippen LogP contribution in [0.4, 0.5) is 0 Å². The first-order valence-electron chi connectivity index (χ1n) is 10.8. The number of aromatic nitrogens is 2. The maximum absolute atomic E-state index is 13.4. The predicted molar refractivity (Wildman–Crippen MR) is 119 cm³/mol. The summed E-state index contributed by atoms with van der Waals surface area (Å²) in [5.41, 5.74) is 2.54. The fourth-order valence-corrected chi connectivity index (χ4v) is 4.04. The van der Waals surface area contributed by atoms with Crippen molar-refractivity contribution >= 4 is 16.8 Å². The fourth-order valence-electron chi connectivity index (χ4n) is 4.04. The van der Waals surface area contributed by atoms with E-state index in [2.05, 4.69) is 22.2 Å². The number of aryl methyl sites for hydroxylation is 1. The zero-order valence-electron chi connectivity index (χ0n) is 17.8. The summed E-state index contributed by atoms with van der Waals surface area (Å²) in [6.07, 6.45) is 4.69. The van der Waals surface area contributed by atoms with E-state index in [-0.39, 0.29) is 23.6 Å². The lowest BCUT2D eigenvalue weighted by Gasteiger charge is -2.15. The summed E-state index contributed by atoms with van der Waals surface area (Å²) in [7, 11) is 2.08. The number of nitrogens with zero attached hydrogens (tertiary/aromatic N) is 3. The van der Waals surface area contributed by atoms with Crippen molar-refractivity contribution in [2.24, 2.45) is 0 Å². The first-order chi connectivity index (χ1) is 15.0. The molecule has 3 aromatic rings. The van der Waals surface area contributed by atoms with Gasteiger partial charge in [0, 0.05) is 24.7 Å². The van der Waals surface area contributed by atoms with Gasteiger partial charge in [-0.15, -0.1) is 0 Å². The first-order valence-corrected chi connectivity index (χ1v) is 10.8. The molecule has 1 N–H and O–H groups in total. The number of likely N-dealkylation sites (N-methyl/N-ethyl adjacent to an activating group) is 1. The molecule has 7 nitrogen and oxygen atoms in total. The highest BCUT2D eigenvalue weighted by molar-refractivity contribution is 5.95. The summed E-state index contributed by atoms with van der Waals surface area (Å²) in [4.78, 5) is 32.5. The van der Waals surface area contributed by atoms with Crippen LogP contribution in [-0.2, 0) is 0 Å². The number of ether oxygens (including phenoxy) is 1. The van der Waals surface area contributed by atoms with Crippen LogP contribution in [0.15, 0.2) is 47.5 Å². The van der Waals surface area contributed by atoms with Crippen LogP contribution in [-0.4, -0.2) is 52.6 Å². The Balaban J connectivity index is 1.50. The van der Waals surface area contributed by atoms with E-state index in [1.807, 2.05) is 25.1 Å². The summed E-state index contributed by atoms with van der Waals surface area (Å²) in [6.45, 7) is 3.81. The van der Waals surface area contributed by atoms with Gasteiger partial charge in [-0.25, -0.2) is 4.98 Å². The Morgan fingerprint density at radius 1 is 1.16 bits per heavy atom. The van der Waals surface area contributed by atoms with Gasteiger partial charge < -0.3 is 15.0 Å². The smallest absolute Gasteiger partial charge is 0.265 e. The van der Waals surface area contributed by atoms with Crippen LogP contribution in [0.2, 0.25) is 0 Å². The highest BCUT2D eigenvalue weighted by Crippen LogP contribution is 2.23. The molecule has 0 spiro atoms. The SMILES string of the molecule is Cc1ccc(C(=O)NC2CC2)cc1-n1cnc2ccc(O[C@H]3CCN(C)C3)cc2c1=O. The Kier molecular flexibility index (Phi) is 4.98. The topological polar surface area (TPSA) is 76.5 Å². The highest BCUT2D eigenvalue weighted by Gasteiger charge is 2.24. The van der Waals surface area contributed by atoms with Crippen molar-refractivity contribution in [2.45, 2.75) is 38.3 Å². The van der Waals surface area contributed by atoms with E-state index >= 15 is 0 Å². The maximum atomic E-state index is 13.4. The van der Waals surface area contributed by atoms with E-state index in [9.17, 15) is 9.59 Å². The second-order valence-electron chi connectivity index (χ2n) is 8.64. The number of amides is 1. The molecule has 0 radical (unpaired) electrons. The van der Waals surface area contributed by atoms with Crippen LogP contribution in [0.3, 0.4) is 0 Å². The fraction of sp³-hybridized carbons (Fsp3) is 0.375. The molecular formula is C24H26N4O3. The number of fused-ring (bicyclic) bond motifs is 1. The lowest BCUT2D eigenvalue weighted by Crippen LogP contribution is -2.26. The predicted octanol–water partition coefficient (Wildman–Crippen LogP) is 2.67. The highest BCUT2D eigenvalue weighted by atomic mass is 16.5. The Hall–Kier alpha value is -3.19. The van der Waals surface area contributed by atoms with Gasteiger partial charge in [0.2, 0.25) is 0 Å². The molecule has 160 valence electrons. The molecule has 1 saturated carbocycles. The average molecular weight is 418 g/mol. The molecule has 0 bridgehead atoms. The van der Waals surface area contributed by atoms with Gasteiger partial charge in [-0.2, -0.15) is 0 Å². The number of carbonyl (C=O) groups is 1. The number of hydrogen-bond acceptors (Lipinski definition) is 5. The van der Waals surface area contributed by atoms with Gasteiger partial charge in [0.25, 0.3) is 11.5 Å². The third-order valence-electron chi connectivity index (χ3n) is 6.02. The number of nitrogens with one attached hydrogen (secondary N) is 1. The van der Waals surface area contributed by atoms with Gasteiger partial charge in [0.1, 0.15) is 18.2 Å². The second-order valence-corrected chi connectivity index (χ2v) is 8.64. The number of benzene rings is 2. The zero-order chi connectivity index (χ0) is 21.5. The third-order valence-corrected chi connectivity index (χ3v) is 6.02. The van der Waals surface area contributed by atoms with Crippen LogP contribution in [0.1, 0.15) is 35.2 Å². The molecule has 1 aliphatic heterocycles. The minimum Gasteiger partial charge on any atom is -0.489 e. The molecule has 1 aromatic heterocycles. The molecule has 1 saturated heterocycles. The van der Waals surface area contributed by atoms with Gasteiger partial charge in [-0.05, 0) is 69.1 Å². The van der Waals surface area contributed by atoms with Gasteiger partial charge in [0.15, 0.2) is 0 Å². The van der Waals surface area contributed by atoms with E-state index in [0.717, 1.165) is 37.9 Å². The van der Waals surface area contributed by atoms with Crippen molar-refractivity contribution in [2.75, 3.05) is 20.1 Å². The number of likely N-dealkylation sites (tertiary alicyclic amines) is 1. The van der Waals surface area contributed by atoms with Crippen molar-refractivity contribution in [3.8, 4) is 11.4 Å². The molecule has 2 heterocycles. The zero-order valence-corrected chi connectivity index (χ0v) is 17.8. The van der Waals surface area contributed by atoms with Crippen LogP contribution < -0.4 is 15.6 Å². The number of hydrogen-bond donors (Lipinski definition) is 1. The standard InChI is InChI=1S/C24H26N4O3/c1-15-3-4-16(23(29)26-17-5-6-17)11-22(15)28-14-25-21-8-7-18(12-20(21)24(28)30)31-19-9-10-27(2)13-19/h3-4,7-8,11-12,14,17,19H,5-6,9-10,13H2,1-2H3,(H,26,29)/t19-/m0/s1. The van der Waals surface area contributed by atoms with Crippen LogP contribution in [0, 0.1) is 6.92 Å². The summed E-state index contributed by atoms with van der Waals surface area (Å²) in [5.74, 6) is 0.571. The second kappa shape index (κ2) is 7.81. The van der Waals surface area contributed by atoms with Crippen molar-refractivity contribution in [3.63, 3.8) is 0 Å². The minimum absolute atomic E-state index is 0.109. The summed E-state index contributed by atoms with van der Waals surface area (Å²) in [5, 5.41) is 3.49. The molecule has 2 aromatic carbocycles. The molecule has 1 aliphatic carbocycles. The van der Waals surface area contributed by atoms with Crippen molar-refractivity contribution < 1.29 is 9.53 Å². The van der Waals surface area contributed by atoms with Gasteiger partial charge in [0.05, 0.1) is 16.6 Å². The van der Waals surface area contributed by atoms with Gasteiger partial charge in [-0.1, -0.05) is 6.07 Å². The van der Waals surface area contributed by atoms with E-state index < -0.39 is 0 Å². The Morgan fingerprint density at radius 2 is 2.00 bits per heavy atom. The first kappa shape index (κ1) is 19.8. The monoisotopic (exact) mass is 418 g/mol. The maximum Gasteiger partial charge on any atom is 0.265 e. The average Bonchev–Trinajstić information content (AvgIpc) is 3.48. The quantitative estimate of drug-likeness (QED) is 0.689. The lowest BCUT2D eigenvalue weighted by atomic mass is 10.1. The Morgan fingerprint density at radius 3 is 2.74 bits per heavy atom. The molecular weight excluding hydrogens is 392 g/mol. The van der Waals surface area contributed by atoms with Crippen LogP contribution >= 0.6 is 0 Å². The number of carbonyl (C=O) groups excluding carboxylic acids is 1. The van der Waals surface area contributed by atoms with Crippen LogP contribution in [0.25, 0.3) is 16.6 Å². The minimum atomic E-state index is -0.179. The molecule has 7 heteroatoms. The largest absolute Gasteiger partial charge is 0.489 e. The van der Waals surface area contributed by atoms with Crippen molar-refractivity contribution in [1.82, 2.24) is 19.8 Å². The van der Waals surface area contributed by atoms with Crippen LogP contribution in [0.5, 0.6) is 5.75 Å². The molecule has 1 amide bonds. The molecule has 1 atom stereocenters. The van der Waals surface area contributed by atoms with E-state index in [1.54, 1.807) is 18.2 Å². The lowest BCUT2D eigenvalue weighted by molar-refractivity contribution is 0.0951. The van der Waals surface area contributed by atoms with Gasteiger partial charge >= 0.3 is 0 Å². The van der Waals surface area contributed by atoms with E-state index in [1.165, 1.54) is 10.9 Å². The van der Waals surface area contributed by atoms with E-state index in [4.69, 9.17) is 4.74 Å². The molecule has 2 aliphatic rings. The number of rotatable bonds is 5. The Labute approximate surface area is 180 Å². The molecule has 2 fully saturated rings. The molecule has 5 rings (SSSR count). The Bertz CT molecular complexity index is 1220. The van der Waals surface area contributed by atoms with Crippen molar-refractivity contribution in [1.29, 1.82) is 0 Å². The molecule has 31 heavy (non-hydrogen) atoms. The molecule has 0 unspecified atom stereocenters.